The van der Waals surface area contributed by atoms with Gasteiger partial charge in [0.1, 0.15) is 0 Å². The van der Waals surface area contributed by atoms with Crippen LogP contribution in [0, 0.1) is 0 Å². The molecule has 1 aromatic carbocycles. The van der Waals surface area contributed by atoms with Crippen molar-refractivity contribution in [2.24, 2.45) is 0 Å². The molecule has 94 valence electrons. The van der Waals surface area contributed by atoms with E-state index in [4.69, 9.17) is 0 Å². The van der Waals surface area contributed by atoms with Gasteiger partial charge in [0, 0.05) is 6.42 Å². The van der Waals surface area contributed by atoms with Crippen molar-refractivity contribution in [1.82, 2.24) is 0 Å². The zero-order valence-corrected chi connectivity index (χ0v) is 9.94. The van der Waals surface area contributed by atoms with E-state index in [1.807, 2.05) is 0 Å². The maximum absolute atomic E-state index is 12.2. The summed E-state index contributed by atoms with van der Waals surface area (Å²) in [7, 11) is 0. The summed E-state index contributed by atoms with van der Waals surface area (Å²) in [5.41, 5.74) is -0.110. The third kappa shape index (κ3) is 5.04. The Morgan fingerprint density at radius 2 is 1.76 bits per heavy atom. The van der Waals surface area contributed by atoms with Crippen LogP contribution in [0.5, 0.6) is 0 Å². The number of carbonyl (C=O) groups excluding carboxylic acids is 1. The van der Waals surface area contributed by atoms with Crippen LogP contribution >= 0.6 is 12.4 Å². The van der Waals surface area contributed by atoms with Gasteiger partial charge in [0.2, 0.25) is 0 Å². The smallest absolute Gasteiger partial charge is 0.295 e. The number of carbonyl (C=O) groups is 1. The normalized spacial score (nSPS) is 11.3. The molecule has 0 aromatic heterocycles. The van der Waals surface area contributed by atoms with Gasteiger partial charge in [-0.05, 0) is 23.8 Å². The quantitative estimate of drug-likeness (QED) is 0.751. The minimum Gasteiger partial charge on any atom is -0.295 e. The molecule has 0 aliphatic rings. The fourth-order valence-corrected chi connectivity index (χ4v) is 1.09. The Labute approximate surface area is 104 Å². The number of hydrogen-bond donors (Lipinski definition) is 0. The average Bonchev–Trinajstić information content (AvgIpc) is 2.25. The highest BCUT2D eigenvalue weighted by atomic mass is 35.5. The molecule has 0 fully saturated rings. The molecule has 0 radical (unpaired) electrons. The Hall–Kier alpha value is -1.29. The molecule has 0 saturated carbocycles. The van der Waals surface area contributed by atoms with Crippen LogP contribution < -0.4 is 0 Å². The van der Waals surface area contributed by atoms with Crippen LogP contribution in [-0.4, -0.2) is 5.78 Å². The van der Waals surface area contributed by atoms with Gasteiger partial charge in [-0.2, -0.15) is 13.2 Å². The molecule has 5 heteroatoms. The second kappa shape index (κ2) is 6.45. The van der Waals surface area contributed by atoms with Crippen LogP contribution in [0.1, 0.15) is 24.5 Å². The molecule has 0 unspecified atom stereocenters. The molecule has 0 bridgehead atoms. The minimum atomic E-state index is -4.32. The average molecular weight is 265 g/mol. The third-order valence-electron chi connectivity index (χ3n) is 2.05. The van der Waals surface area contributed by atoms with Crippen molar-refractivity contribution in [3.63, 3.8) is 0 Å². The number of benzene rings is 1. The first-order valence-electron chi connectivity index (χ1n) is 4.81. The Morgan fingerprint density at radius 1 is 1.24 bits per heavy atom. The SMILES string of the molecule is CCC(=O)C=Cc1ccc(C(F)(F)F)cc1.Cl. The zero-order valence-electron chi connectivity index (χ0n) is 9.12. The van der Waals surface area contributed by atoms with Gasteiger partial charge in [0.25, 0.3) is 0 Å². The molecule has 0 aliphatic carbocycles. The van der Waals surface area contributed by atoms with E-state index >= 15 is 0 Å². The highest BCUT2D eigenvalue weighted by Gasteiger charge is 2.29. The number of halogens is 4. The Kier molecular flexibility index (Phi) is 5.96. The monoisotopic (exact) mass is 264 g/mol. The summed E-state index contributed by atoms with van der Waals surface area (Å²) in [6, 6.07) is 4.66. The van der Waals surface area contributed by atoms with Crippen LogP contribution in [0.3, 0.4) is 0 Å². The van der Waals surface area contributed by atoms with Crippen molar-refractivity contribution in [3.8, 4) is 0 Å². The summed E-state index contributed by atoms with van der Waals surface area (Å²) < 4.78 is 36.6. The van der Waals surface area contributed by atoms with Crippen molar-refractivity contribution < 1.29 is 18.0 Å². The van der Waals surface area contributed by atoms with E-state index in [1.54, 1.807) is 6.92 Å². The highest BCUT2D eigenvalue weighted by Crippen LogP contribution is 2.29. The molecule has 0 aliphatic heterocycles. The standard InChI is InChI=1S/C12H11F3O.ClH/c1-2-11(16)8-5-9-3-6-10(7-4-9)12(13,14)15;/h3-8H,2H2,1H3;1H. The second-order valence-electron chi connectivity index (χ2n) is 3.27. The summed E-state index contributed by atoms with van der Waals surface area (Å²) in [5.74, 6) is -0.0557. The summed E-state index contributed by atoms with van der Waals surface area (Å²) in [6.45, 7) is 1.72. The molecular formula is C12H12ClF3O. The van der Waals surface area contributed by atoms with Gasteiger partial charge in [-0.15, -0.1) is 12.4 Å². The van der Waals surface area contributed by atoms with Gasteiger partial charge >= 0.3 is 6.18 Å². The molecular weight excluding hydrogens is 253 g/mol. The van der Waals surface area contributed by atoms with Crippen molar-refractivity contribution in [2.45, 2.75) is 19.5 Å². The van der Waals surface area contributed by atoms with Crippen molar-refractivity contribution in [3.05, 3.63) is 41.5 Å². The van der Waals surface area contributed by atoms with Crippen molar-refractivity contribution in [2.75, 3.05) is 0 Å². The minimum absolute atomic E-state index is 0. The predicted octanol–water partition coefficient (Wildman–Crippen LogP) is 4.12. The van der Waals surface area contributed by atoms with Crippen LogP contribution in [0.15, 0.2) is 30.3 Å². The fourth-order valence-electron chi connectivity index (χ4n) is 1.09. The molecule has 0 N–H and O–H groups in total. The maximum atomic E-state index is 12.2. The van der Waals surface area contributed by atoms with E-state index < -0.39 is 11.7 Å². The zero-order chi connectivity index (χ0) is 12.2. The lowest BCUT2D eigenvalue weighted by Crippen LogP contribution is -2.03. The van der Waals surface area contributed by atoms with Crippen LogP contribution in [0.4, 0.5) is 13.2 Å². The first-order chi connectivity index (χ1) is 7.43. The summed E-state index contributed by atoms with van der Waals surface area (Å²) in [6.07, 6.45) is -1.06. The van der Waals surface area contributed by atoms with Crippen LogP contribution in [0.2, 0.25) is 0 Å². The Bertz CT molecular complexity index is 393. The molecule has 0 amide bonds. The molecule has 17 heavy (non-hydrogen) atoms. The molecule has 0 spiro atoms. The molecule has 1 aromatic rings. The first kappa shape index (κ1) is 15.7. The van der Waals surface area contributed by atoms with E-state index in [9.17, 15) is 18.0 Å². The number of alkyl halides is 3. The first-order valence-corrected chi connectivity index (χ1v) is 4.81. The van der Waals surface area contributed by atoms with Gasteiger partial charge in [-0.3, -0.25) is 4.79 Å². The largest absolute Gasteiger partial charge is 0.416 e. The van der Waals surface area contributed by atoms with Gasteiger partial charge < -0.3 is 0 Å². The van der Waals surface area contributed by atoms with Gasteiger partial charge in [-0.25, -0.2) is 0 Å². The maximum Gasteiger partial charge on any atom is 0.416 e. The number of rotatable bonds is 3. The van der Waals surface area contributed by atoms with Gasteiger partial charge in [-0.1, -0.05) is 25.1 Å². The molecule has 0 saturated heterocycles. The summed E-state index contributed by atoms with van der Waals surface area (Å²) >= 11 is 0. The Morgan fingerprint density at radius 3 is 2.18 bits per heavy atom. The van der Waals surface area contributed by atoms with Gasteiger partial charge in [0.15, 0.2) is 5.78 Å². The lowest BCUT2D eigenvalue weighted by Gasteiger charge is -2.05. The second-order valence-corrected chi connectivity index (χ2v) is 3.27. The molecule has 1 rings (SSSR count). The highest BCUT2D eigenvalue weighted by molar-refractivity contribution is 5.93. The molecule has 0 atom stereocenters. The molecule has 0 heterocycles. The van der Waals surface area contributed by atoms with E-state index in [0.29, 0.717) is 12.0 Å². The topological polar surface area (TPSA) is 17.1 Å². The number of hydrogen-bond acceptors (Lipinski definition) is 1. The number of ketones is 1. The van der Waals surface area contributed by atoms with Gasteiger partial charge in [0.05, 0.1) is 5.56 Å². The van der Waals surface area contributed by atoms with Crippen molar-refractivity contribution >= 4 is 24.3 Å². The predicted molar refractivity (Wildman–Crippen MR) is 63.0 cm³/mol. The summed E-state index contributed by atoms with van der Waals surface area (Å²) in [4.78, 5) is 10.9. The molecule has 1 nitrogen and oxygen atoms in total. The van der Waals surface area contributed by atoms with E-state index in [-0.39, 0.29) is 18.2 Å². The van der Waals surface area contributed by atoms with E-state index in [1.165, 1.54) is 24.3 Å². The lowest BCUT2D eigenvalue weighted by molar-refractivity contribution is -0.137. The Balaban J connectivity index is 0.00000256. The van der Waals surface area contributed by atoms with Crippen LogP contribution in [0.25, 0.3) is 6.08 Å². The third-order valence-corrected chi connectivity index (χ3v) is 2.05. The van der Waals surface area contributed by atoms with E-state index in [0.717, 1.165) is 12.1 Å². The summed E-state index contributed by atoms with van der Waals surface area (Å²) in [5, 5.41) is 0. The number of allylic oxidation sites excluding steroid dienone is 1. The van der Waals surface area contributed by atoms with Crippen molar-refractivity contribution in [1.29, 1.82) is 0 Å². The van der Waals surface area contributed by atoms with Crippen LogP contribution in [-0.2, 0) is 11.0 Å². The fraction of sp³-hybridized carbons (Fsp3) is 0.250. The lowest BCUT2D eigenvalue weighted by atomic mass is 10.1. The van der Waals surface area contributed by atoms with E-state index in [2.05, 4.69) is 0 Å².